The summed E-state index contributed by atoms with van der Waals surface area (Å²) in [5.74, 6) is 0.901. The zero-order valence-corrected chi connectivity index (χ0v) is 12.5. The zero-order valence-electron chi connectivity index (χ0n) is 12.5. The van der Waals surface area contributed by atoms with Crippen molar-refractivity contribution in [3.05, 3.63) is 34.4 Å². The van der Waals surface area contributed by atoms with Crippen molar-refractivity contribution in [1.29, 1.82) is 0 Å². The smallest absolute Gasteiger partial charge is 0.0299 e. The van der Waals surface area contributed by atoms with Gasteiger partial charge in [0.2, 0.25) is 0 Å². The molecule has 100 valence electrons. The third-order valence-corrected chi connectivity index (χ3v) is 4.54. The number of rotatable bonds is 4. The van der Waals surface area contributed by atoms with Crippen LogP contribution >= 0.6 is 0 Å². The predicted octanol–water partition coefficient (Wildman–Crippen LogP) is 4.45. The Bertz CT molecular complexity index is 395. The highest BCUT2D eigenvalue weighted by Gasteiger charge is 2.25. The fourth-order valence-corrected chi connectivity index (χ4v) is 3.43. The summed E-state index contributed by atoms with van der Waals surface area (Å²) in [7, 11) is 0. The highest BCUT2D eigenvalue weighted by molar-refractivity contribution is 5.39. The molecule has 1 aliphatic rings. The van der Waals surface area contributed by atoms with Crippen LogP contribution in [0.1, 0.15) is 61.4 Å². The molecule has 0 spiro atoms. The van der Waals surface area contributed by atoms with Gasteiger partial charge in [-0.2, -0.15) is 0 Å². The maximum atomic E-state index is 3.80. The second-order valence-electron chi connectivity index (χ2n) is 6.18. The van der Waals surface area contributed by atoms with E-state index in [1.807, 2.05) is 0 Å². The largest absolute Gasteiger partial charge is 0.307 e. The molecule has 2 atom stereocenters. The summed E-state index contributed by atoms with van der Waals surface area (Å²) < 4.78 is 0. The first-order valence-corrected chi connectivity index (χ1v) is 7.33. The van der Waals surface area contributed by atoms with Gasteiger partial charge in [-0.25, -0.2) is 0 Å². The van der Waals surface area contributed by atoms with E-state index in [9.17, 15) is 0 Å². The van der Waals surface area contributed by atoms with Crippen LogP contribution in [0.4, 0.5) is 0 Å². The molecule has 2 unspecified atom stereocenters. The van der Waals surface area contributed by atoms with Gasteiger partial charge in [-0.1, -0.05) is 24.1 Å². The molecule has 1 heteroatoms. The summed E-state index contributed by atoms with van der Waals surface area (Å²) in [5.41, 5.74) is 5.71. The van der Waals surface area contributed by atoms with E-state index in [2.05, 4.69) is 52.1 Å². The maximum Gasteiger partial charge on any atom is 0.0299 e. The minimum absolute atomic E-state index is 0.459. The van der Waals surface area contributed by atoms with E-state index < -0.39 is 0 Å². The highest BCUT2D eigenvalue weighted by atomic mass is 14.9. The van der Waals surface area contributed by atoms with Crippen LogP contribution in [-0.4, -0.2) is 6.04 Å². The molecular formula is C17H27N. The van der Waals surface area contributed by atoms with E-state index in [1.165, 1.54) is 41.5 Å². The third kappa shape index (κ3) is 2.77. The molecule has 0 amide bonds. The fourth-order valence-electron chi connectivity index (χ4n) is 3.43. The molecule has 0 heterocycles. The third-order valence-electron chi connectivity index (χ3n) is 4.54. The van der Waals surface area contributed by atoms with E-state index >= 15 is 0 Å². The first-order chi connectivity index (χ1) is 8.49. The van der Waals surface area contributed by atoms with E-state index in [0.29, 0.717) is 12.1 Å². The minimum Gasteiger partial charge on any atom is -0.307 e. The van der Waals surface area contributed by atoms with Gasteiger partial charge in [0.05, 0.1) is 0 Å². The van der Waals surface area contributed by atoms with E-state index in [1.54, 1.807) is 0 Å². The summed E-state index contributed by atoms with van der Waals surface area (Å²) in [6.45, 7) is 11.3. The molecule has 0 saturated heterocycles. The van der Waals surface area contributed by atoms with Gasteiger partial charge in [-0.05, 0) is 70.1 Å². The van der Waals surface area contributed by atoms with E-state index in [0.717, 1.165) is 5.92 Å². The van der Waals surface area contributed by atoms with Crippen molar-refractivity contribution in [2.24, 2.45) is 5.92 Å². The molecule has 0 aliphatic heterocycles. The normalized spacial score (nSPS) is 19.4. The second-order valence-corrected chi connectivity index (χ2v) is 6.18. The fraction of sp³-hybridized carbons (Fsp3) is 0.647. The summed E-state index contributed by atoms with van der Waals surface area (Å²) >= 11 is 0. The molecule has 1 aromatic carbocycles. The van der Waals surface area contributed by atoms with Crippen molar-refractivity contribution in [3.63, 3.8) is 0 Å². The van der Waals surface area contributed by atoms with Crippen molar-refractivity contribution in [2.45, 2.75) is 66.0 Å². The standard InChI is InChI=1S/C17H27N/c1-11-9-12(2)17(13(3)10-11)15(5)18-14(4)16-7-6-8-16/h9-10,14-16,18H,6-8H2,1-5H3. The first kappa shape index (κ1) is 13.6. The molecule has 1 nitrogen and oxygen atoms in total. The second kappa shape index (κ2) is 5.44. The Labute approximate surface area is 112 Å². The van der Waals surface area contributed by atoms with Gasteiger partial charge < -0.3 is 5.32 Å². The molecule has 0 aromatic heterocycles. The van der Waals surface area contributed by atoms with Gasteiger partial charge in [0, 0.05) is 12.1 Å². The van der Waals surface area contributed by atoms with Gasteiger partial charge >= 0.3 is 0 Å². The van der Waals surface area contributed by atoms with Gasteiger partial charge in [0.1, 0.15) is 0 Å². The summed E-state index contributed by atoms with van der Waals surface area (Å²) in [6, 6.07) is 5.71. The van der Waals surface area contributed by atoms with E-state index in [4.69, 9.17) is 0 Å². The van der Waals surface area contributed by atoms with Crippen molar-refractivity contribution in [2.75, 3.05) is 0 Å². The number of benzene rings is 1. The average molecular weight is 245 g/mol. The molecule has 18 heavy (non-hydrogen) atoms. The average Bonchev–Trinajstić information content (AvgIpc) is 2.11. The molecule has 2 rings (SSSR count). The Hall–Kier alpha value is -0.820. The molecule has 1 aliphatic carbocycles. The lowest BCUT2D eigenvalue weighted by molar-refractivity contribution is 0.229. The number of hydrogen-bond acceptors (Lipinski definition) is 1. The highest BCUT2D eigenvalue weighted by Crippen LogP contribution is 2.31. The van der Waals surface area contributed by atoms with Crippen molar-refractivity contribution >= 4 is 0 Å². The van der Waals surface area contributed by atoms with Gasteiger partial charge in [0.15, 0.2) is 0 Å². The van der Waals surface area contributed by atoms with E-state index in [-0.39, 0.29) is 0 Å². The van der Waals surface area contributed by atoms with Crippen molar-refractivity contribution in [3.8, 4) is 0 Å². The minimum atomic E-state index is 0.459. The van der Waals surface area contributed by atoms with Crippen LogP contribution < -0.4 is 5.32 Å². The number of aryl methyl sites for hydroxylation is 3. The Morgan fingerprint density at radius 3 is 2.06 bits per heavy atom. The summed E-state index contributed by atoms with van der Waals surface area (Å²) in [4.78, 5) is 0. The van der Waals surface area contributed by atoms with Crippen LogP contribution in [-0.2, 0) is 0 Å². The molecule has 1 saturated carbocycles. The maximum absolute atomic E-state index is 3.80. The van der Waals surface area contributed by atoms with Crippen molar-refractivity contribution < 1.29 is 0 Å². The molecule has 0 bridgehead atoms. The Morgan fingerprint density at radius 2 is 1.61 bits per heavy atom. The van der Waals surface area contributed by atoms with Crippen LogP contribution in [0.2, 0.25) is 0 Å². The lowest BCUT2D eigenvalue weighted by Gasteiger charge is -2.34. The number of hydrogen-bond donors (Lipinski definition) is 1. The summed E-state index contributed by atoms with van der Waals surface area (Å²) in [6.07, 6.45) is 4.24. The number of nitrogens with one attached hydrogen (secondary N) is 1. The monoisotopic (exact) mass is 245 g/mol. The molecule has 1 aromatic rings. The molecular weight excluding hydrogens is 218 g/mol. The Kier molecular flexibility index (Phi) is 4.11. The lowest BCUT2D eigenvalue weighted by atomic mass is 9.80. The van der Waals surface area contributed by atoms with Gasteiger partial charge in [0.25, 0.3) is 0 Å². The quantitative estimate of drug-likeness (QED) is 0.826. The van der Waals surface area contributed by atoms with Crippen LogP contribution in [0.3, 0.4) is 0 Å². The van der Waals surface area contributed by atoms with Crippen LogP contribution in [0, 0.1) is 26.7 Å². The Balaban J connectivity index is 2.10. The molecule has 1 N–H and O–H groups in total. The zero-order chi connectivity index (χ0) is 13.3. The molecule has 1 fully saturated rings. The predicted molar refractivity (Wildman–Crippen MR) is 79.0 cm³/mol. The van der Waals surface area contributed by atoms with Crippen LogP contribution in [0.25, 0.3) is 0 Å². The van der Waals surface area contributed by atoms with Crippen LogP contribution in [0.15, 0.2) is 12.1 Å². The van der Waals surface area contributed by atoms with Crippen molar-refractivity contribution in [1.82, 2.24) is 5.32 Å². The SMILES string of the molecule is Cc1cc(C)c(C(C)NC(C)C2CCC2)c(C)c1. The Morgan fingerprint density at radius 1 is 1.06 bits per heavy atom. The summed E-state index contributed by atoms with van der Waals surface area (Å²) in [5, 5.41) is 3.80. The topological polar surface area (TPSA) is 12.0 Å². The van der Waals surface area contributed by atoms with Gasteiger partial charge in [-0.3, -0.25) is 0 Å². The first-order valence-electron chi connectivity index (χ1n) is 7.33. The van der Waals surface area contributed by atoms with Crippen LogP contribution in [0.5, 0.6) is 0 Å². The lowest BCUT2D eigenvalue weighted by Crippen LogP contribution is -2.38. The van der Waals surface area contributed by atoms with Gasteiger partial charge in [-0.15, -0.1) is 0 Å². The molecule has 0 radical (unpaired) electrons.